The molecule has 0 unspecified atom stereocenters. The number of carbonyl (C=O) groups excluding carboxylic acids is 1. The maximum absolute atomic E-state index is 13.4. The molecule has 2 rings (SSSR count). The van der Waals surface area contributed by atoms with E-state index >= 15 is 0 Å². The van der Waals surface area contributed by atoms with Crippen LogP contribution in [0.15, 0.2) is 47.4 Å². The molecule has 0 amide bonds. The number of Topliss-reactive ketones (excluding diaryl/α,β-unsaturated/α-hetero) is 1. The van der Waals surface area contributed by atoms with Crippen LogP contribution in [0.2, 0.25) is 0 Å². The molecule has 0 heterocycles. The molecule has 0 aromatic heterocycles. The highest BCUT2D eigenvalue weighted by molar-refractivity contribution is 7.98. The molecule has 4 heteroatoms. The fraction of sp³-hybridized carbons (Fsp3) is 0.133. The minimum atomic E-state index is -0.686. The van der Waals surface area contributed by atoms with Crippen LogP contribution in [0.5, 0.6) is 0 Å². The zero-order valence-electron chi connectivity index (χ0n) is 10.3. The average molecular weight is 278 g/mol. The quantitative estimate of drug-likeness (QED) is 0.618. The second kappa shape index (κ2) is 5.97. The number of benzene rings is 2. The number of rotatable bonds is 4. The van der Waals surface area contributed by atoms with Crippen LogP contribution >= 0.6 is 11.8 Å². The van der Waals surface area contributed by atoms with Gasteiger partial charge in [-0.25, -0.2) is 8.78 Å². The lowest BCUT2D eigenvalue weighted by Gasteiger charge is -2.05. The van der Waals surface area contributed by atoms with E-state index in [-0.39, 0.29) is 17.8 Å². The zero-order chi connectivity index (χ0) is 13.8. The van der Waals surface area contributed by atoms with Gasteiger partial charge in [0.25, 0.3) is 0 Å². The van der Waals surface area contributed by atoms with Gasteiger partial charge in [-0.2, -0.15) is 0 Å². The Kier molecular flexibility index (Phi) is 4.32. The van der Waals surface area contributed by atoms with Gasteiger partial charge in [0.05, 0.1) is 0 Å². The van der Waals surface area contributed by atoms with Gasteiger partial charge in [-0.15, -0.1) is 11.8 Å². The fourth-order valence-corrected chi connectivity index (χ4v) is 2.15. The number of carbonyl (C=O) groups is 1. The van der Waals surface area contributed by atoms with Crippen molar-refractivity contribution in [3.8, 4) is 0 Å². The van der Waals surface area contributed by atoms with Gasteiger partial charge in [0, 0.05) is 22.4 Å². The topological polar surface area (TPSA) is 17.1 Å². The predicted molar refractivity (Wildman–Crippen MR) is 72.6 cm³/mol. The Labute approximate surface area is 114 Å². The molecule has 98 valence electrons. The molecule has 2 aromatic rings. The number of hydrogen-bond acceptors (Lipinski definition) is 2. The fourth-order valence-electron chi connectivity index (χ4n) is 1.74. The normalized spacial score (nSPS) is 10.5. The SMILES string of the molecule is CSc1ccc(C(=O)Cc2c(F)cccc2F)cc1. The Bertz CT molecular complexity index is 573. The lowest BCUT2D eigenvalue weighted by Crippen LogP contribution is -2.07. The Morgan fingerprint density at radius 1 is 1.05 bits per heavy atom. The van der Waals surface area contributed by atoms with E-state index in [0.29, 0.717) is 5.56 Å². The maximum Gasteiger partial charge on any atom is 0.167 e. The second-order valence-electron chi connectivity index (χ2n) is 4.03. The van der Waals surface area contributed by atoms with Crippen LogP contribution in [0, 0.1) is 11.6 Å². The first kappa shape index (κ1) is 13.7. The summed E-state index contributed by atoms with van der Waals surface area (Å²) in [5.41, 5.74) is 0.280. The van der Waals surface area contributed by atoms with Gasteiger partial charge < -0.3 is 0 Å². The smallest absolute Gasteiger partial charge is 0.167 e. The summed E-state index contributed by atoms with van der Waals surface area (Å²) >= 11 is 1.57. The molecule has 1 nitrogen and oxygen atoms in total. The van der Waals surface area contributed by atoms with Gasteiger partial charge in [-0.05, 0) is 30.5 Å². The second-order valence-corrected chi connectivity index (χ2v) is 4.91. The van der Waals surface area contributed by atoms with E-state index in [1.807, 2.05) is 18.4 Å². The number of ketones is 1. The van der Waals surface area contributed by atoms with E-state index in [2.05, 4.69) is 0 Å². The van der Waals surface area contributed by atoms with Crippen LogP contribution < -0.4 is 0 Å². The minimum absolute atomic E-state index is 0.179. The van der Waals surface area contributed by atoms with E-state index < -0.39 is 11.6 Å². The van der Waals surface area contributed by atoms with Crippen LogP contribution in [0.3, 0.4) is 0 Å². The predicted octanol–water partition coefficient (Wildman–Crippen LogP) is 4.11. The van der Waals surface area contributed by atoms with Crippen LogP contribution in [-0.2, 0) is 6.42 Å². The van der Waals surface area contributed by atoms with Crippen molar-refractivity contribution in [1.29, 1.82) is 0 Å². The number of hydrogen-bond donors (Lipinski definition) is 0. The van der Waals surface area contributed by atoms with E-state index in [0.717, 1.165) is 17.0 Å². The average Bonchev–Trinajstić information content (AvgIpc) is 2.43. The molecule has 2 aromatic carbocycles. The summed E-state index contributed by atoms with van der Waals surface area (Å²) in [6, 6.07) is 10.6. The lowest BCUT2D eigenvalue weighted by atomic mass is 10.0. The Morgan fingerprint density at radius 3 is 2.16 bits per heavy atom. The van der Waals surface area contributed by atoms with Gasteiger partial charge in [0.2, 0.25) is 0 Å². The monoisotopic (exact) mass is 278 g/mol. The summed E-state index contributed by atoms with van der Waals surface area (Å²) in [5, 5.41) is 0. The highest BCUT2D eigenvalue weighted by atomic mass is 32.2. The molecular weight excluding hydrogens is 266 g/mol. The Hall–Kier alpha value is -1.68. The van der Waals surface area contributed by atoms with Crippen molar-refractivity contribution in [3.63, 3.8) is 0 Å². The van der Waals surface area contributed by atoms with Crippen molar-refractivity contribution < 1.29 is 13.6 Å². The third-order valence-electron chi connectivity index (χ3n) is 2.81. The van der Waals surface area contributed by atoms with Crippen LogP contribution in [0.1, 0.15) is 15.9 Å². The summed E-state index contributed by atoms with van der Waals surface area (Å²) in [5.74, 6) is -1.67. The Balaban J connectivity index is 2.20. The summed E-state index contributed by atoms with van der Waals surface area (Å²) in [6.07, 6.45) is 1.67. The zero-order valence-corrected chi connectivity index (χ0v) is 11.1. The first-order chi connectivity index (χ1) is 9.11. The van der Waals surface area contributed by atoms with E-state index in [1.54, 1.807) is 23.9 Å². The van der Waals surface area contributed by atoms with Gasteiger partial charge in [0.15, 0.2) is 5.78 Å². The molecule has 19 heavy (non-hydrogen) atoms. The Morgan fingerprint density at radius 2 is 1.63 bits per heavy atom. The summed E-state index contributed by atoms with van der Waals surface area (Å²) in [6.45, 7) is 0. The molecule has 0 fully saturated rings. The summed E-state index contributed by atoms with van der Waals surface area (Å²) < 4.78 is 26.9. The molecule has 0 saturated heterocycles. The van der Waals surface area contributed by atoms with Gasteiger partial charge in [-0.3, -0.25) is 4.79 Å². The highest BCUT2D eigenvalue weighted by Crippen LogP contribution is 2.18. The molecule has 0 atom stereocenters. The van der Waals surface area contributed by atoms with Crippen molar-refractivity contribution >= 4 is 17.5 Å². The standard InChI is InChI=1S/C15H12F2OS/c1-19-11-7-5-10(6-8-11)15(18)9-12-13(16)3-2-4-14(12)17/h2-8H,9H2,1H3. The maximum atomic E-state index is 13.4. The van der Waals surface area contributed by atoms with Gasteiger partial charge in [-0.1, -0.05) is 18.2 Å². The first-order valence-electron chi connectivity index (χ1n) is 5.72. The van der Waals surface area contributed by atoms with Crippen molar-refractivity contribution in [3.05, 3.63) is 65.2 Å². The first-order valence-corrected chi connectivity index (χ1v) is 6.94. The molecular formula is C15H12F2OS. The molecule has 0 aliphatic carbocycles. The third kappa shape index (κ3) is 3.20. The molecule has 0 saturated carbocycles. The molecule has 0 bridgehead atoms. The van der Waals surface area contributed by atoms with Gasteiger partial charge >= 0.3 is 0 Å². The number of thioether (sulfide) groups is 1. The van der Waals surface area contributed by atoms with Crippen LogP contribution in [-0.4, -0.2) is 12.0 Å². The lowest BCUT2D eigenvalue weighted by molar-refractivity contribution is 0.0990. The highest BCUT2D eigenvalue weighted by Gasteiger charge is 2.14. The number of halogens is 2. The van der Waals surface area contributed by atoms with Crippen LogP contribution in [0.25, 0.3) is 0 Å². The molecule has 0 radical (unpaired) electrons. The van der Waals surface area contributed by atoms with E-state index in [9.17, 15) is 13.6 Å². The molecule has 0 aliphatic heterocycles. The largest absolute Gasteiger partial charge is 0.294 e. The molecule has 0 aliphatic rings. The van der Waals surface area contributed by atoms with E-state index in [4.69, 9.17) is 0 Å². The summed E-state index contributed by atoms with van der Waals surface area (Å²) in [7, 11) is 0. The van der Waals surface area contributed by atoms with Crippen LogP contribution in [0.4, 0.5) is 8.78 Å². The van der Waals surface area contributed by atoms with Crippen molar-refractivity contribution in [1.82, 2.24) is 0 Å². The van der Waals surface area contributed by atoms with Crippen molar-refractivity contribution in [2.24, 2.45) is 0 Å². The minimum Gasteiger partial charge on any atom is -0.294 e. The van der Waals surface area contributed by atoms with Crippen molar-refractivity contribution in [2.45, 2.75) is 11.3 Å². The third-order valence-corrected chi connectivity index (χ3v) is 3.55. The van der Waals surface area contributed by atoms with Crippen molar-refractivity contribution in [2.75, 3.05) is 6.26 Å². The molecule has 0 N–H and O–H groups in total. The summed E-state index contributed by atoms with van der Waals surface area (Å²) in [4.78, 5) is 13.0. The molecule has 0 spiro atoms. The van der Waals surface area contributed by atoms with Gasteiger partial charge in [0.1, 0.15) is 11.6 Å². The van der Waals surface area contributed by atoms with E-state index in [1.165, 1.54) is 6.07 Å².